The number of aromatic nitrogens is 2. The lowest BCUT2D eigenvalue weighted by molar-refractivity contribution is -0.124. The standard InChI is InChI=1S/C14H23N3O2/c1-3-8-12(18)16-14(9-6-5-7-10-14)13-15-11(4-2)17-19-13/h3-10H2,1-2H3,(H,16,18). The number of carbonyl (C=O) groups excluding carboxylic acids is 1. The maximum atomic E-state index is 12.0. The van der Waals surface area contributed by atoms with Gasteiger partial charge in [0.1, 0.15) is 5.54 Å². The summed E-state index contributed by atoms with van der Waals surface area (Å²) >= 11 is 0. The van der Waals surface area contributed by atoms with E-state index in [1.165, 1.54) is 6.42 Å². The molecule has 1 aliphatic carbocycles. The summed E-state index contributed by atoms with van der Waals surface area (Å²) in [4.78, 5) is 16.4. The van der Waals surface area contributed by atoms with Gasteiger partial charge in [-0.3, -0.25) is 4.79 Å². The first kappa shape index (κ1) is 14.0. The van der Waals surface area contributed by atoms with E-state index >= 15 is 0 Å². The first-order valence-electron chi connectivity index (χ1n) is 7.34. The van der Waals surface area contributed by atoms with E-state index in [4.69, 9.17) is 4.52 Å². The van der Waals surface area contributed by atoms with E-state index in [2.05, 4.69) is 15.5 Å². The first-order valence-corrected chi connectivity index (χ1v) is 7.34. The van der Waals surface area contributed by atoms with E-state index in [1.807, 2.05) is 13.8 Å². The van der Waals surface area contributed by atoms with Gasteiger partial charge < -0.3 is 9.84 Å². The summed E-state index contributed by atoms with van der Waals surface area (Å²) in [5.41, 5.74) is -0.426. The molecule has 1 aliphatic rings. The van der Waals surface area contributed by atoms with E-state index in [1.54, 1.807) is 0 Å². The number of hydrogen-bond acceptors (Lipinski definition) is 4. The van der Waals surface area contributed by atoms with Gasteiger partial charge in [0.25, 0.3) is 5.89 Å². The predicted molar refractivity (Wildman–Crippen MR) is 71.5 cm³/mol. The van der Waals surface area contributed by atoms with Gasteiger partial charge in [-0.25, -0.2) is 0 Å². The molecule has 0 atom stereocenters. The van der Waals surface area contributed by atoms with Crippen molar-refractivity contribution >= 4 is 5.91 Å². The maximum Gasteiger partial charge on any atom is 0.252 e. The van der Waals surface area contributed by atoms with Crippen LogP contribution in [0.2, 0.25) is 0 Å². The molecule has 0 unspecified atom stereocenters. The number of hydrogen-bond donors (Lipinski definition) is 1. The summed E-state index contributed by atoms with van der Waals surface area (Å²) in [6.07, 6.45) is 7.35. The summed E-state index contributed by atoms with van der Waals surface area (Å²) in [5, 5.41) is 7.12. The zero-order valence-corrected chi connectivity index (χ0v) is 11.9. The van der Waals surface area contributed by atoms with Gasteiger partial charge in [-0.2, -0.15) is 4.98 Å². The summed E-state index contributed by atoms with van der Waals surface area (Å²) in [6, 6.07) is 0. The minimum absolute atomic E-state index is 0.0839. The molecule has 2 rings (SSSR count). The topological polar surface area (TPSA) is 68.0 Å². The molecule has 1 N–H and O–H groups in total. The lowest BCUT2D eigenvalue weighted by atomic mass is 9.81. The summed E-state index contributed by atoms with van der Waals surface area (Å²) in [6.45, 7) is 4.01. The fourth-order valence-corrected chi connectivity index (χ4v) is 2.70. The van der Waals surface area contributed by atoms with Crippen molar-refractivity contribution in [1.29, 1.82) is 0 Å². The Labute approximate surface area is 114 Å². The second-order valence-electron chi connectivity index (χ2n) is 5.31. The van der Waals surface area contributed by atoms with Gasteiger partial charge in [0, 0.05) is 12.8 Å². The minimum Gasteiger partial charge on any atom is -0.342 e. The third kappa shape index (κ3) is 3.14. The van der Waals surface area contributed by atoms with Crippen molar-refractivity contribution in [2.75, 3.05) is 0 Å². The van der Waals surface area contributed by atoms with Crippen LogP contribution in [0.5, 0.6) is 0 Å². The van der Waals surface area contributed by atoms with E-state index < -0.39 is 5.54 Å². The largest absolute Gasteiger partial charge is 0.342 e. The molecule has 0 radical (unpaired) electrons. The molecule has 0 aliphatic heterocycles. The van der Waals surface area contributed by atoms with Crippen LogP contribution in [0, 0.1) is 0 Å². The molecule has 0 saturated heterocycles. The highest BCUT2D eigenvalue weighted by molar-refractivity contribution is 5.76. The summed E-state index contributed by atoms with van der Waals surface area (Å²) in [7, 11) is 0. The van der Waals surface area contributed by atoms with Gasteiger partial charge in [-0.15, -0.1) is 0 Å². The quantitative estimate of drug-likeness (QED) is 0.888. The Balaban J connectivity index is 2.20. The third-order valence-electron chi connectivity index (χ3n) is 3.76. The molecule has 0 aromatic carbocycles. The number of aryl methyl sites for hydroxylation is 1. The molecule has 1 amide bonds. The number of amides is 1. The highest BCUT2D eigenvalue weighted by Gasteiger charge is 2.40. The molecule has 1 aromatic heterocycles. The van der Waals surface area contributed by atoms with Crippen LogP contribution < -0.4 is 5.32 Å². The van der Waals surface area contributed by atoms with E-state index in [9.17, 15) is 4.79 Å². The summed E-state index contributed by atoms with van der Waals surface area (Å²) in [5.74, 6) is 1.39. The minimum atomic E-state index is -0.426. The maximum absolute atomic E-state index is 12.0. The highest BCUT2D eigenvalue weighted by atomic mass is 16.5. The molecular formula is C14H23N3O2. The van der Waals surface area contributed by atoms with Crippen LogP contribution in [-0.4, -0.2) is 16.0 Å². The van der Waals surface area contributed by atoms with E-state index in [0.29, 0.717) is 18.1 Å². The van der Waals surface area contributed by atoms with Gasteiger partial charge in [-0.05, 0) is 19.3 Å². The molecule has 1 fully saturated rings. The van der Waals surface area contributed by atoms with Crippen molar-refractivity contribution in [2.24, 2.45) is 0 Å². The van der Waals surface area contributed by atoms with Crippen molar-refractivity contribution in [1.82, 2.24) is 15.5 Å². The molecule has 1 aromatic rings. The second kappa shape index (κ2) is 6.17. The van der Waals surface area contributed by atoms with Crippen LogP contribution in [0.4, 0.5) is 0 Å². The lowest BCUT2D eigenvalue weighted by Crippen LogP contribution is -2.47. The van der Waals surface area contributed by atoms with Gasteiger partial charge in [-0.1, -0.05) is 38.3 Å². The number of nitrogens with zero attached hydrogens (tertiary/aromatic N) is 2. The van der Waals surface area contributed by atoms with Crippen LogP contribution in [0.15, 0.2) is 4.52 Å². The molecule has 19 heavy (non-hydrogen) atoms. The second-order valence-corrected chi connectivity index (χ2v) is 5.31. The first-order chi connectivity index (χ1) is 9.20. The zero-order valence-electron chi connectivity index (χ0n) is 11.9. The molecule has 5 heteroatoms. The lowest BCUT2D eigenvalue weighted by Gasteiger charge is -2.34. The average Bonchev–Trinajstić information content (AvgIpc) is 2.89. The van der Waals surface area contributed by atoms with Gasteiger partial charge in [0.15, 0.2) is 5.82 Å². The molecule has 1 heterocycles. The van der Waals surface area contributed by atoms with E-state index in [0.717, 1.165) is 38.5 Å². The highest BCUT2D eigenvalue weighted by Crippen LogP contribution is 2.36. The smallest absolute Gasteiger partial charge is 0.252 e. The molecule has 1 saturated carbocycles. The van der Waals surface area contributed by atoms with Crippen molar-refractivity contribution in [3.8, 4) is 0 Å². The molecule has 106 valence electrons. The average molecular weight is 265 g/mol. The van der Waals surface area contributed by atoms with Gasteiger partial charge >= 0.3 is 0 Å². The Morgan fingerprint density at radius 1 is 1.32 bits per heavy atom. The number of carbonyl (C=O) groups is 1. The van der Waals surface area contributed by atoms with Gasteiger partial charge in [0.2, 0.25) is 5.91 Å². The fraction of sp³-hybridized carbons (Fsp3) is 0.786. The Morgan fingerprint density at radius 2 is 2.05 bits per heavy atom. The van der Waals surface area contributed by atoms with Crippen molar-refractivity contribution in [2.45, 2.75) is 70.8 Å². The van der Waals surface area contributed by atoms with Crippen LogP contribution in [0.1, 0.15) is 70.5 Å². The Kier molecular flexibility index (Phi) is 4.56. The van der Waals surface area contributed by atoms with E-state index in [-0.39, 0.29) is 5.91 Å². The SMILES string of the molecule is CCCC(=O)NC1(c2nc(CC)no2)CCCCC1. The van der Waals surface area contributed by atoms with Crippen LogP contribution in [0.25, 0.3) is 0 Å². The normalized spacial score (nSPS) is 18.2. The molecular weight excluding hydrogens is 242 g/mol. The number of nitrogens with one attached hydrogen (secondary N) is 1. The van der Waals surface area contributed by atoms with Crippen LogP contribution >= 0.6 is 0 Å². The molecule has 0 bridgehead atoms. The molecule has 5 nitrogen and oxygen atoms in total. The Hall–Kier alpha value is -1.39. The van der Waals surface area contributed by atoms with Gasteiger partial charge in [0.05, 0.1) is 0 Å². The van der Waals surface area contributed by atoms with Crippen molar-refractivity contribution in [3.63, 3.8) is 0 Å². The van der Waals surface area contributed by atoms with Crippen LogP contribution in [0.3, 0.4) is 0 Å². The zero-order chi connectivity index (χ0) is 13.7. The Morgan fingerprint density at radius 3 is 2.63 bits per heavy atom. The molecule has 0 spiro atoms. The predicted octanol–water partition coefficient (Wildman–Crippen LogP) is 2.71. The third-order valence-corrected chi connectivity index (χ3v) is 3.76. The number of rotatable bonds is 5. The van der Waals surface area contributed by atoms with Crippen molar-refractivity contribution < 1.29 is 9.32 Å². The van der Waals surface area contributed by atoms with Crippen LogP contribution in [-0.2, 0) is 16.8 Å². The van der Waals surface area contributed by atoms with Crippen molar-refractivity contribution in [3.05, 3.63) is 11.7 Å². The monoisotopic (exact) mass is 265 g/mol. The fourth-order valence-electron chi connectivity index (χ4n) is 2.70. The Bertz CT molecular complexity index is 422. The summed E-state index contributed by atoms with van der Waals surface area (Å²) < 4.78 is 5.40.